The van der Waals surface area contributed by atoms with Crippen molar-refractivity contribution in [2.24, 2.45) is 0 Å². The largest absolute Gasteiger partial charge is 0.305 e. The van der Waals surface area contributed by atoms with Crippen LogP contribution in [0.3, 0.4) is 0 Å². The van der Waals surface area contributed by atoms with Crippen molar-refractivity contribution >= 4 is 0 Å². The monoisotopic (exact) mass is 3570 g/mol. The number of pyridine rings is 10. The minimum atomic E-state index is -0.291. The molecular weight excluding hydrogens is 3470 g/mol. The average molecular weight is 3570 g/mol. The van der Waals surface area contributed by atoms with E-state index >= 15 is 0 Å². The Balaban J connectivity index is 0.000000348. The normalized spacial score (nSPS) is 9.58. The van der Waals surface area contributed by atoms with Gasteiger partial charge in [0.05, 0.1) is 5.69 Å². The molecule has 0 saturated carbocycles. The molecule has 21 rings (SSSR count). The van der Waals surface area contributed by atoms with Crippen LogP contribution in [0, 0.1) is 117 Å². The number of nitrogens with zero attached hydrogens (tertiary/aromatic N) is 10. The summed E-state index contributed by atoms with van der Waals surface area (Å²) in [4.78, 5) is 42.3. The number of unbranched alkanes of at least 4 members (excludes halogenated alkanes) is 1. The van der Waals surface area contributed by atoms with Crippen molar-refractivity contribution in [1.29, 1.82) is 0 Å². The molecule has 0 atom stereocenters. The molecule has 0 fully saturated rings. The number of halogens is 6. The Morgan fingerprint density at radius 1 is 0.215 bits per heavy atom. The predicted molar refractivity (Wildman–Crippen MR) is 548 cm³/mol. The Kier molecular flexibility index (Phi) is 61.9. The predicted octanol–water partition coefficient (Wildman–Crippen LogP) is 30.7. The van der Waals surface area contributed by atoms with E-state index in [1.807, 2.05) is 228 Å². The van der Waals surface area contributed by atoms with Crippen LogP contribution in [0.1, 0.15) is 47.6 Å². The molecule has 10 aromatic heterocycles. The third-order valence-corrected chi connectivity index (χ3v) is 20.7. The maximum Gasteiger partial charge on any atom is 0.0518 e. The van der Waals surface area contributed by atoms with Gasteiger partial charge in [0.15, 0.2) is 0 Å². The van der Waals surface area contributed by atoms with Gasteiger partial charge in [-0.25, -0.2) is 0 Å². The van der Waals surface area contributed by atoms with Gasteiger partial charge in [0.2, 0.25) is 0 Å². The van der Waals surface area contributed by atoms with Crippen molar-refractivity contribution in [1.82, 2.24) is 49.8 Å². The van der Waals surface area contributed by atoms with Gasteiger partial charge < -0.3 is 44.9 Å². The van der Waals surface area contributed by atoms with E-state index in [4.69, 9.17) is 0 Å². The van der Waals surface area contributed by atoms with Crippen LogP contribution in [0.15, 0.2) is 438 Å². The first-order valence-corrected chi connectivity index (χ1v) is 44.9. The van der Waals surface area contributed by atoms with Crippen molar-refractivity contribution in [3.63, 3.8) is 0 Å². The van der Waals surface area contributed by atoms with Crippen LogP contribution in [0.2, 0.25) is 0 Å². The fourth-order valence-corrected chi connectivity index (χ4v) is 13.7. The molecule has 0 saturated heterocycles. The van der Waals surface area contributed by atoms with Crippen LogP contribution >= 0.6 is 0 Å². The van der Waals surface area contributed by atoms with Gasteiger partial charge in [0.25, 0.3) is 0 Å². The SMILES string of the molecule is CCCCc1cccc(-c2cc[c-]c(-c3ccccn3)c2)c1.Cc1cc(F)c[c-]c1-c1ccccn1.Cc1ccc(-c2[c-]cc(F)cc2)nc1.Cc1ccnc(-c2[c-]cc(F)cc2)c1.Cc1ccnc(-c2[c-]cccc2F)c1.Fc1c[c-]c(-c2ccccn2)cc1.Fc1ccc[c-]c1-c1ccccn1.[Ir].[Ir].[Ir].[Ir].[Ir].[Ir].[Ir].[Ir].[Ir].[c-]1ccc(-c2ccccc2)cc1-c1ccccn1.[c-]1ccc(-c2ccccn2)cc1-c1ccccn1. The Hall–Kier alpha value is -11.7. The molecule has 0 unspecified atom stereocenters. The quantitative estimate of drug-likeness (QED) is 0.0723. The fraction of sp³-hybridized carbons (Fsp3) is 0.0645. The maximum atomic E-state index is 13.3. The maximum absolute atomic E-state index is 13.3. The fourth-order valence-electron chi connectivity index (χ4n) is 13.7. The van der Waals surface area contributed by atoms with Gasteiger partial charge >= 0.3 is 0 Å². The van der Waals surface area contributed by atoms with Crippen molar-refractivity contribution < 1.29 is 207 Å². The van der Waals surface area contributed by atoms with Crippen LogP contribution in [0.5, 0.6) is 0 Å². The second-order valence-corrected chi connectivity index (χ2v) is 31.2. The molecule has 10 nitrogen and oxygen atoms in total. The van der Waals surface area contributed by atoms with Gasteiger partial charge in [0.1, 0.15) is 0 Å². The van der Waals surface area contributed by atoms with E-state index in [0.29, 0.717) is 22.5 Å². The molecule has 21 aromatic rings. The van der Waals surface area contributed by atoms with Gasteiger partial charge in [-0.3, -0.25) is 31.3 Å². The number of aromatic nitrogens is 10. The number of hydrogen-bond donors (Lipinski definition) is 0. The number of benzene rings is 11. The van der Waals surface area contributed by atoms with Crippen molar-refractivity contribution in [2.75, 3.05) is 0 Å². The van der Waals surface area contributed by atoms with Gasteiger partial charge in [0, 0.05) is 278 Å². The Bertz CT molecular complexity index is 7060. The summed E-state index contributed by atoms with van der Waals surface area (Å²) in [6.07, 6.45) is 21.1. The molecule has 771 valence electrons. The van der Waals surface area contributed by atoms with E-state index < -0.39 is 0 Å². The molecule has 11 aromatic carbocycles. The first kappa shape index (κ1) is 130. The summed E-state index contributed by atoms with van der Waals surface area (Å²) in [5.74, 6) is -1.67. The first-order valence-electron chi connectivity index (χ1n) is 44.9. The molecule has 0 spiro atoms. The third kappa shape index (κ3) is 43.0. The molecule has 10 heterocycles. The van der Waals surface area contributed by atoms with Gasteiger partial charge in [-0.05, 0) is 168 Å². The summed E-state index contributed by atoms with van der Waals surface area (Å²) in [6.45, 7) is 10.0. The van der Waals surface area contributed by atoms with E-state index in [-0.39, 0.29) is 216 Å². The van der Waals surface area contributed by atoms with Crippen LogP contribution in [-0.2, 0) is 187 Å². The van der Waals surface area contributed by atoms with Crippen molar-refractivity contribution in [2.45, 2.75) is 53.9 Å². The Morgan fingerprint density at radius 2 is 0.570 bits per heavy atom. The van der Waals surface area contributed by atoms with Gasteiger partial charge in [-0.15, -0.1) is 268 Å². The summed E-state index contributed by atoms with van der Waals surface area (Å²) in [5.41, 5.74) is 27.0. The molecule has 0 aliphatic heterocycles. The molecular formula is C124H93F6Ir9N10-9. The number of aryl methyl sites for hydroxylation is 5. The molecule has 0 bridgehead atoms. The second kappa shape index (κ2) is 71.2. The van der Waals surface area contributed by atoms with Crippen LogP contribution < -0.4 is 0 Å². The summed E-state index contributed by atoms with van der Waals surface area (Å²) >= 11 is 0. The van der Waals surface area contributed by atoms with E-state index in [1.165, 1.54) is 101 Å². The molecule has 0 amide bonds. The number of hydrogen-bond acceptors (Lipinski definition) is 10. The van der Waals surface area contributed by atoms with Crippen molar-refractivity contribution in [3.8, 4) is 135 Å². The summed E-state index contributed by atoms with van der Waals surface area (Å²) in [6, 6.07) is 141. The van der Waals surface area contributed by atoms with E-state index in [2.05, 4.69) is 178 Å². The first-order chi connectivity index (χ1) is 68.5. The van der Waals surface area contributed by atoms with E-state index in [9.17, 15) is 26.3 Å². The summed E-state index contributed by atoms with van der Waals surface area (Å²) in [7, 11) is 0. The summed E-state index contributed by atoms with van der Waals surface area (Å²) < 4.78 is 77.1. The molecule has 0 aliphatic rings. The second-order valence-electron chi connectivity index (χ2n) is 31.2. The third-order valence-electron chi connectivity index (χ3n) is 20.7. The van der Waals surface area contributed by atoms with Crippen molar-refractivity contribution in [3.05, 3.63) is 555 Å². The molecule has 9 radical (unpaired) electrons. The van der Waals surface area contributed by atoms with Gasteiger partial charge in [-0.2, -0.15) is 0 Å². The smallest absolute Gasteiger partial charge is 0.0518 e. The summed E-state index contributed by atoms with van der Waals surface area (Å²) in [5, 5.41) is 0. The molecule has 0 aliphatic carbocycles. The zero-order valence-electron chi connectivity index (χ0n) is 80.4. The van der Waals surface area contributed by atoms with Crippen LogP contribution in [0.4, 0.5) is 26.3 Å². The van der Waals surface area contributed by atoms with Crippen LogP contribution in [-0.4, -0.2) is 49.8 Å². The average Bonchev–Trinajstić information content (AvgIpc) is 0.830. The van der Waals surface area contributed by atoms with E-state index in [0.717, 1.165) is 119 Å². The zero-order valence-corrected chi connectivity index (χ0v) is 102. The minimum absolute atomic E-state index is 0. The van der Waals surface area contributed by atoms with Gasteiger partial charge in [-0.1, -0.05) is 206 Å². The Labute approximate surface area is 990 Å². The number of rotatable bonds is 15. The van der Waals surface area contributed by atoms with E-state index in [1.54, 1.807) is 110 Å². The molecule has 25 heteroatoms. The molecule has 0 N–H and O–H groups in total. The van der Waals surface area contributed by atoms with Crippen LogP contribution in [0.25, 0.3) is 135 Å². The zero-order chi connectivity index (χ0) is 97.7. The minimum Gasteiger partial charge on any atom is -0.305 e. The topological polar surface area (TPSA) is 129 Å². The standard InChI is InChI=1S/C21H20N.C17H12N.C16H11N2.4C12H9FN.2C11H7FN.9Ir/c1-2-3-8-17-9-6-10-18(15-17)19-11-7-12-20(16-19)21-13-4-5-14-22-21;1-2-7-14(8-3-1)15-9-6-10-16(13-15)17-11-4-5-12-18-17;1-3-10-17-15(8-1)13-6-5-7-14(12-13)16-9-2-4-11-18-16;1-9-2-7-12(14-8-9)10-3-5-11(13)6-4-10;1-9-6-7-14-12(8-9)10-2-4-11(13)5-3-10;1-9-8-10(13)5-6-11(9)12-4-2-3-7-14-12;1-9-6-7-14-12(8-9)10-4-2-3-5-11(10)13;12-10-6-2-1-5-9(10)11-7-3-4-8-13-11;12-10-6-4-9(5-7-10)11-3-1-2-8-13-11;;;;;;;;;/h4-7,9-11,13-16H,2-3,8H2,1H3;1-9,11-13H;1-6,8-12H;2-3,5-8H,1H3;2,4-8H,1H3;2-5,7-8H,1H3;2-3,5-8H,1H3;2*1-4,6-8H;;;;;;;;;/q9*-1;;;;;;;;;. The Morgan fingerprint density at radius 3 is 0.973 bits per heavy atom. The molecule has 149 heavy (non-hydrogen) atoms.